The molecule has 0 aliphatic carbocycles. The smallest absolute Gasteiger partial charge is 0.132 e. The molecule has 2 aromatic rings. The molecule has 0 saturated heterocycles. The lowest BCUT2D eigenvalue weighted by Crippen LogP contribution is -2.01. The van der Waals surface area contributed by atoms with Gasteiger partial charge in [-0.05, 0) is 29.8 Å². The van der Waals surface area contributed by atoms with Crippen molar-refractivity contribution in [2.75, 3.05) is 0 Å². The van der Waals surface area contributed by atoms with E-state index in [0.717, 1.165) is 12.1 Å². The summed E-state index contributed by atoms with van der Waals surface area (Å²) < 4.78 is 44.6. The van der Waals surface area contributed by atoms with Gasteiger partial charge < -0.3 is 10.5 Å². The van der Waals surface area contributed by atoms with Gasteiger partial charge in [-0.3, -0.25) is 0 Å². The van der Waals surface area contributed by atoms with Gasteiger partial charge in [0.15, 0.2) is 0 Å². The van der Waals surface area contributed by atoms with Gasteiger partial charge in [0, 0.05) is 24.2 Å². The van der Waals surface area contributed by atoms with Crippen molar-refractivity contribution in [2.24, 2.45) is 5.73 Å². The highest BCUT2D eigenvalue weighted by molar-refractivity contribution is 5.30. The monoisotopic (exact) mass is 267 g/mol. The van der Waals surface area contributed by atoms with Crippen molar-refractivity contribution in [1.82, 2.24) is 0 Å². The Morgan fingerprint density at radius 1 is 0.947 bits per heavy atom. The minimum atomic E-state index is -0.699. The second kappa shape index (κ2) is 5.75. The Labute approximate surface area is 108 Å². The summed E-state index contributed by atoms with van der Waals surface area (Å²) in [6.45, 7) is 0.0681. The zero-order chi connectivity index (χ0) is 13.8. The first-order valence-electron chi connectivity index (χ1n) is 5.65. The van der Waals surface area contributed by atoms with E-state index < -0.39 is 17.5 Å². The third-order valence-corrected chi connectivity index (χ3v) is 2.58. The molecule has 0 heterocycles. The molecule has 0 amide bonds. The van der Waals surface area contributed by atoms with Crippen molar-refractivity contribution < 1.29 is 17.9 Å². The van der Waals surface area contributed by atoms with Crippen LogP contribution in [0.4, 0.5) is 13.2 Å². The predicted molar refractivity (Wildman–Crippen MR) is 65.0 cm³/mol. The predicted octanol–water partition coefficient (Wildman–Crippen LogP) is 3.14. The number of rotatable bonds is 4. The zero-order valence-corrected chi connectivity index (χ0v) is 10.00. The van der Waals surface area contributed by atoms with E-state index in [0.29, 0.717) is 5.56 Å². The fourth-order valence-electron chi connectivity index (χ4n) is 1.62. The molecule has 0 radical (unpaired) electrons. The highest BCUT2D eigenvalue weighted by Crippen LogP contribution is 2.18. The van der Waals surface area contributed by atoms with Crippen LogP contribution in [0, 0.1) is 17.5 Å². The average molecular weight is 267 g/mol. The van der Waals surface area contributed by atoms with E-state index in [1.165, 1.54) is 18.2 Å². The maximum Gasteiger partial charge on any atom is 0.132 e. The molecule has 2 N–H and O–H groups in total. The molecule has 0 aliphatic heterocycles. The SMILES string of the molecule is NCc1cc(F)cc(OCc2ccc(F)cc2F)c1. The van der Waals surface area contributed by atoms with Crippen molar-refractivity contribution in [3.8, 4) is 5.75 Å². The van der Waals surface area contributed by atoms with E-state index in [-0.39, 0.29) is 24.5 Å². The second-order valence-corrected chi connectivity index (χ2v) is 4.02. The van der Waals surface area contributed by atoms with E-state index in [2.05, 4.69) is 0 Å². The van der Waals surface area contributed by atoms with Crippen LogP contribution >= 0.6 is 0 Å². The number of hydrogen-bond acceptors (Lipinski definition) is 2. The number of halogens is 3. The van der Waals surface area contributed by atoms with Crippen LogP contribution in [-0.4, -0.2) is 0 Å². The fourth-order valence-corrected chi connectivity index (χ4v) is 1.62. The molecule has 0 saturated carbocycles. The molecule has 0 spiro atoms. The first-order chi connectivity index (χ1) is 9.08. The van der Waals surface area contributed by atoms with Crippen LogP contribution in [-0.2, 0) is 13.2 Å². The maximum absolute atomic E-state index is 13.4. The average Bonchev–Trinajstić information content (AvgIpc) is 2.37. The van der Waals surface area contributed by atoms with Gasteiger partial charge in [0.25, 0.3) is 0 Å². The molecule has 0 aliphatic rings. The number of hydrogen-bond donors (Lipinski definition) is 1. The largest absolute Gasteiger partial charge is 0.489 e. The molecule has 100 valence electrons. The topological polar surface area (TPSA) is 35.2 Å². The van der Waals surface area contributed by atoms with Crippen molar-refractivity contribution >= 4 is 0 Å². The molecule has 0 atom stereocenters. The van der Waals surface area contributed by atoms with Gasteiger partial charge in [-0.25, -0.2) is 13.2 Å². The highest BCUT2D eigenvalue weighted by atomic mass is 19.1. The molecule has 2 rings (SSSR count). The number of ether oxygens (including phenoxy) is 1. The van der Waals surface area contributed by atoms with Gasteiger partial charge in [0.2, 0.25) is 0 Å². The van der Waals surface area contributed by atoms with Crippen molar-refractivity contribution in [2.45, 2.75) is 13.2 Å². The van der Waals surface area contributed by atoms with Crippen LogP contribution in [0.5, 0.6) is 5.75 Å². The van der Waals surface area contributed by atoms with Crippen LogP contribution in [0.1, 0.15) is 11.1 Å². The van der Waals surface area contributed by atoms with Crippen LogP contribution in [0.15, 0.2) is 36.4 Å². The van der Waals surface area contributed by atoms with Gasteiger partial charge in [-0.1, -0.05) is 0 Å². The van der Waals surface area contributed by atoms with E-state index in [9.17, 15) is 13.2 Å². The fraction of sp³-hybridized carbons (Fsp3) is 0.143. The summed E-state index contributed by atoms with van der Waals surface area (Å²) in [5, 5.41) is 0. The van der Waals surface area contributed by atoms with Gasteiger partial charge >= 0.3 is 0 Å². The van der Waals surface area contributed by atoms with Gasteiger partial charge in [0.1, 0.15) is 29.8 Å². The van der Waals surface area contributed by atoms with Crippen molar-refractivity contribution in [3.63, 3.8) is 0 Å². The lowest BCUT2D eigenvalue weighted by Gasteiger charge is -2.09. The first kappa shape index (κ1) is 13.4. The summed E-state index contributed by atoms with van der Waals surface area (Å²) in [6, 6.07) is 7.25. The first-order valence-corrected chi connectivity index (χ1v) is 5.65. The minimum absolute atomic E-state index is 0.112. The van der Waals surface area contributed by atoms with Gasteiger partial charge in [-0.15, -0.1) is 0 Å². The van der Waals surface area contributed by atoms with E-state index in [1.807, 2.05) is 0 Å². The van der Waals surface area contributed by atoms with Crippen molar-refractivity contribution in [1.29, 1.82) is 0 Å². The Kier molecular flexibility index (Phi) is 4.06. The summed E-state index contributed by atoms with van der Waals surface area (Å²) in [5.41, 5.74) is 6.18. The minimum Gasteiger partial charge on any atom is -0.489 e. The number of nitrogens with two attached hydrogens (primary N) is 1. The molecule has 19 heavy (non-hydrogen) atoms. The van der Waals surface area contributed by atoms with Crippen LogP contribution < -0.4 is 10.5 Å². The number of benzene rings is 2. The van der Waals surface area contributed by atoms with Gasteiger partial charge in [-0.2, -0.15) is 0 Å². The Balaban J connectivity index is 2.12. The van der Waals surface area contributed by atoms with E-state index in [4.69, 9.17) is 10.5 Å². The van der Waals surface area contributed by atoms with Crippen molar-refractivity contribution in [3.05, 3.63) is 65.0 Å². The van der Waals surface area contributed by atoms with E-state index >= 15 is 0 Å². The Bertz CT molecular complexity index is 587. The summed E-state index contributed by atoms with van der Waals surface area (Å²) in [4.78, 5) is 0. The Hall–Kier alpha value is -2.01. The van der Waals surface area contributed by atoms with Gasteiger partial charge in [0.05, 0.1) is 0 Å². The molecule has 0 fully saturated rings. The lowest BCUT2D eigenvalue weighted by atomic mass is 10.2. The summed E-state index contributed by atoms with van der Waals surface area (Å²) >= 11 is 0. The molecule has 2 nitrogen and oxygen atoms in total. The highest BCUT2D eigenvalue weighted by Gasteiger charge is 2.06. The lowest BCUT2D eigenvalue weighted by molar-refractivity contribution is 0.297. The standard InChI is InChI=1S/C14H12F3NO/c15-11-2-1-10(14(17)6-11)8-19-13-4-9(7-18)3-12(16)5-13/h1-6H,7-8,18H2. The van der Waals surface area contributed by atoms with Crippen LogP contribution in [0.2, 0.25) is 0 Å². The molecular weight excluding hydrogens is 255 g/mol. The Morgan fingerprint density at radius 2 is 1.74 bits per heavy atom. The maximum atomic E-state index is 13.4. The third-order valence-electron chi connectivity index (χ3n) is 2.58. The normalized spacial score (nSPS) is 10.5. The zero-order valence-electron chi connectivity index (χ0n) is 10.00. The molecule has 5 heteroatoms. The Morgan fingerprint density at radius 3 is 2.42 bits per heavy atom. The van der Waals surface area contributed by atoms with E-state index in [1.54, 1.807) is 6.07 Å². The molecule has 2 aromatic carbocycles. The second-order valence-electron chi connectivity index (χ2n) is 4.02. The third kappa shape index (κ3) is 3.48. The quantitative estimate of drug-likeness (QED) is 0.923. The molecular formula is C14H12F3NO. The molecule has 0 aromatic heterocycles. The summed E-state index contributed by atoms with van der Waals surface area (Å²) in [5.74, 6) is -1.57. The molecule has 0 bridgehead atoms. The summed E-state index contributed by atoms with van der Waals surface area (Å²) in [6.07, 6.45) is 0. The van der Waals surface area contributed by atoms with Crippen LogP contribution in [0.3, 0.4) is 0 Å². The van der Waals surface area contributed by atoms with Crippen LogP contribution in [0.25, 0.3) is 0 Å². The molecule has 0 unspecified atom stereocenters. The summed E-state index contributed by atoms with van der Waals surface area (Å²) in [7, 11) is 0.